The third kappa shape index (κ3) is 5.23. The molecule has 0 amide bonds. The van der Waals surface area contributed by atoms with Crippen molar-refractivity contribution in [3.05, 3.63) is 29.8 Å². The van der Waals surface area contributed by atoms with Crippen molar-refractivity contribution in [2.75, 3.05) is 19.6 Å². The molecule has 0 radical (unpaired) electrons. The van der Waals surface area contributed by atoms with Gasteiger partial charge in [-0.3, -0.25) is 5.41 Å². The number of nitrogens with zero attached hydrogens (tertiary/aromatic N) is 2. The lowest BCUT2D eigenvalue weighted by atomic mass is 10.1. The molecule has 9 heteroatoms. The van der Waals surface area contributed by atoms with Gasteiger partial charge in [0.05, 0.1) is 11.4 Å². The van der Waals surface area contributed by atoms with E-state index in [9.17, 15) is 8.42 Å². The van der Waals surface area contributed by atoms with Crippen LogP contribution in [0.25, 0.3) is 0 Å². The smallest absolute Gasteiger partial charge is 0.266 e. The fourth-order valence-corrected chi connectivity index (χ4v) is 4.07. The topological polar surface area (TPSA) is 90.5 Å². The van der Waals surface area contributed by atoms with Gasteiger partial charge in [-0.15, -0.1) is 24.8 Å². The first-order valence-electron chi connectivity index (χ1n) is 7.86. The van der Waals surface area contributed by atoms with Crippen LogP contribution in [0.1, 0.15) is 32.8 Å². The molecule has 1 saturated heterocycles. The summed E-state index contributed by atoms with van der Waals surface area (Å²) < 4.78 is 26.7. The van der Waals surface area contributed by atoms with Crippen molar-refractivity contribution in [3.8, 4) is 0 Å². The summed E-state index contributed by atoms with van der Waals surface area (Å²) in [7, 11) is -3.68. The third-order valence-electron chi connectivity index (χ3n) is 4.01. The van der Waals surface area contributed by atoms with Crippen molar-refractivity contribution >= 4 is 40.8 Å². The van der Waals surface area contributed by atoms with E-state index < -0.39 is 10.0 Å². The Balaban J connectivity index is 0.00000288. The average Bonchev–Trinajstić information content (AvgIpc) is 2.88. The average molecular weight is 411 g/mol. The molecule has 2 rings (SSSR count). The van der Waals surface area contributed by atoms with E-state index >= 15 is 0 Å². The maximum atomic E-state index is 12.8. The van der Waals surface area contributed by atoms with Gasteiger partial charge in [0.25, 0.3) is 10.0 Å². The van der Waals surface area contributed by atoms with Crippen LogP contribution in [0.5, 0.6) is 0 Å². The van der Waals surface area contributed by atoms with Gasteiger partial charge in [-0.05, 0) is 57.9 Å². The van der Waals surface area contributed by atoms with E-state index in [1.165, 1.54) is 4.31 Å². The predicted molar refractivity (Wildman–Crippen MR) is 106 cm³/mol. The number of rotatable bonds is 5. The number of aryl methyl sites for hydroxylation is 1. The van der Waals surface area contributed by atoms with E-state index in [0.29, 0.717) is 19.6 Å². The zero-order valence-corrected chi connectivity index (χ0v) is 17.3. The highest BCUT2D eigenvalue weighted by Gasteiger charge is 2.39. The van der Waals surface area contributed by atoms with E-state index in [0.717, 1.165) is 18.4 Å². The van der Waals surface area contributed by atoms with Crippen molar-refractivity contribution in [3.63, 3.8) is 0 Å². The highest BCUT2D eigenvalue weighted by Crippen LogP contribution is 2.25. The van der Waals surface area contributed by atoms with Gasteiger partial charge >= 0.3 is 0 Å². The Morgan fingerprint density at radius 1 is 1.12 bits per heavy atom. The van der Waals surface area contributed by atoms with Crippen LogP contribution in [0.15, 0.2) is 29.2 Å². The Labute approximate surface area is 163 Å². The lowest BCUT2D eigenvalue weighted by Gasteiger charge is -2.33. The van der Waals surface area contributed by atoms with Crippen LogP contribution in [0.4, 0.5) is 0 Å². The molecule has 1 aliphatic heterocycles. The molecule has 1 aliphatic rings. The van der Waals surface area contributed by atoms with Gasteiger partial charge in [0.2, 0.25) is 5.96 Å². The quantitative estimate of drug-likeness (QED) is 0.779. The zero-order chi connectivity index (χ0) is 17.3. The number of nitrogens with two attached hydrogens (primary N) is 1. The van der Waals surface area contributed by atoms with E-state index in [-0.39, 0.29) is 41.2 Å². The van der Waals surface area contributed by atoms with Gasteiger partial charge in [0.15, 0.2) is 0 Å². The number of hydrogen-bond acceptors (Lipinski definition) is 4. The Morgan fingerprint density at radius 3 is 2.12 bits per heavy atom. The van der Waals surface area contributed by atoms with Gasteiger partial charge in [0, 0.05) is 12.1 Å². The molecule has 0 saturated carbocycles. The standard InChI is InChI=1S/C16H26N4O2S.2ClH/c1-16(2,3)19-11-12-20(15(19)18)23(21,22)14-8-6-13(7-9-14)5-4-10-17;;/h6-9,18H,4-5,10-12,17H2,1-3H3;2*1H. The van der Waals surface area contributed by atoms with E-state index in [1.54, 1.807) is 17.0 Å². The normalized spacial score (nSPS) is 15.0. The molecule has 3 N–H and O–H groups in total. The molecular weight excluding hydrogens is 383 g/mol. The van der Waals surface area contributed by atoms with Crippen molar-refractivity contribution < 1.29 is 8.42 Å². The maximum absolute atomic E-state index is 12.8. The molecule has 1 aromatic carbocycles. The van der Waals surface area contributed by atoms with Gasteiger partial charge in [-0.25, -0.2) is 12.7 Å². The summed E-state index contributed by atoms with van der Waals surface area (Å²) >= 11 is 0. The van der Waals surface area contributed by atoms with Crippen LogP contribution in [0.3, 0.4) is 0 Å². The molecule has 144 valence electrons. The molecule has 6 nitrogen and oxygen atoms in total. The van der Waals surface area contributed by atoms with Gasteiger partial charge in [-0.1, -0.05) is 12.1 Å². The molecule has 25 heavy (non-hydrogen) atoms. The summed E-state index contributed by atoms with van der Waals surface area (Å²) in [5.74, 6) is 0.0460. The minimum absolute atomic E-state index is 0. The Bertz CT molecular complexity index is 672. The van der Waals surface area contributed by atoms with Crippen molar-refractivity contribution in [2.45, 2.75) is 44.0 Å². The first-order valence-corrected chi connectivity index (χ1v) is 9.30. The largest absolute Gasteiger partial charge is 0.336 e. The molecule has 1 heterocycles. The number of benzene rings is 1. The summed E-state index contributed by atoms with van der Waals surface area (Å²) in [6.45, 7) is 7.40. The summed E-state index contributed by atoms with van der Waals surface area (Å²) in [5, 5.41) is 8.22. The molecule has 0 unspecified atom stereocenters. The number of guanidine groups is 1. The van der Waals surface area contributed by atoms with Crippen LogP contribution >= 0.6 is 24.8 Å². The summed E-state index contributed by atoms with van der Waals surface area (Å²) in [6, 6.07) is 6.88. The monoisotopic (exact) mass is 410 g/mol. The van der Waals surface area contributed by atoms with Gasteiger partial charge < -0.3 is 10.6 Å². The Morgan fingerprint density at radius 2 is 1.68 bits per heavy atom. The zero-order valence-electron chi connectivity index (χ0n) is 14.9. The van der Waals surface area contributed by atoms with Crippen LogP contribution in [0, 0.1) is 5.41 Å². The minimum atomic E-state index is -3.68. The molecule has 0 spiro atoms. The summed E-state index contributed by atoms with van der Waals surface area (Å²) in [5.41, 5.74) is 6.29. The highest BCUT2D eigenvalue weighted by atomic mass is 35.5. The maximum Gasteiger partial charge on any atom is 0.266 e. The number of nitrogens with one attached hydrogen (secondary N) is 1. The summed E-state index contributed by atoms with van der Waals surface area (Å²) in [4.78, 5) is 2.04. The van der Waals surface area contributed by atoms with E-state index in [2.05, 4.69) is 0 Å². The predicted octanol–water partition coefficient (Wildman–Crippen LogP) is 2.46. The SMILES string of the molecule is CC(C)(C)N1CCN(S(=O)(=O)c2ccc(CCCN)cc2)C1=N.Cl.Cl. The second kappa shape index (κ2) is 9.07. The molecule has 0 aliphatic carbocycles. The minimum Gasteiger partial charge on any atom is -0.336 e. The lowest BCUT2D eigenvalue weighted by molar-refractivity contribution is 0.258. The van der Waals surface area contributed by atoms with Gasteiger partial charge in [-0.2, -0.15) is 0 Å². The van der Waals surface area contributed by atoms with E-state index in [4.69, 9.17) is 11.1 Å². The fourth-order valence-electron chi connectivity index (χ4n) is 2.69. The van der Waals surface area contributed by atoms with Crippen LogP contribution in [-0.2, 0) is 16.4 Å². The molecule has 0 bridgehead atoms. The highest BCUT2D eigenvalue weighted by molar-refractivity contribution is 7.89. The van der Waals surface area contributed by atoms with Crippen molar-refractivity contribution in [1.29, 1.82) is 5.41 Å². The first-order chi connectivity index (χ1) is 10.7. The van der Waals surface area contributed by atoms with Crippen LogP contribution in [-0.4, -0.2) is 48.8 Å². The van der Waals surface area contributed by atoms with E-state index in [1.807, 2.05) is 32.9 Å². The molecule has 0 aromatic heterocycles. The fraction of sp³-hybridized carbons (Fsp3) is 0.562. The number of hydrogen-bond donors (Lipinski definition) is 2. The number of sulfonamides is 1. The molecule has 0 atom stereocenters. The van der Waals surface area contributed by atoms with Crippen LogP contribution in [0.2, 0.25) is 0 Å². The second-order valence-corrected chi connectivity index (χ2v) is 8.62. The van der Waals surface area contributed by atoms with Crippen molar-refractivity contribution in [1.82, 2.24) is 9.21 Å². The Kier molecular flexibility index (Phi) is 8.70. The Hall–Kier alpha value is -1.02. The molecular formula is C16H28Cl2N4O2S. The molecule has 1 aromatic rings. The van der Waals surface area contributed by atoms with Gasteiger partial charge in [0.1, 0.15) is 0 Å². The van der Waals surface area contributed by atoms with Crippen LogP contribution < -0.4 is 5.73 Å². The third-order valence-corrected chi connectivity index (χ3v) is 5.81. The summed E-state index contributed by atoms with van der Waals surface area (Å²) in [6.07, 6.45) is 1.72. The lowest BCUT2D eigenvalue weighted by Crippen LogP contribution is -2.45. The second-order valence-electron chi connectivity index (χ2n) is 6.76. The first kappa shape index (κ1) is 24.0. The molecule has 1 fully saturated rings. The van der Waals surface area contributed by atoms with Crippen molar-refractivity contribution in [2.24, 2.45) is 5.73 Å². The number of halogens is 2.